The average Bonchev–Trinajstić information content (AvgIpc) is 1.37. The molecule has 33 rings (SSSR count). The van der Waals surface area contributed by atoms with Gasteiger partial charge in [0.05, 0.1) is 22.4 Å². The van der Waals surface area contributed by atoms with Crippen LogP contribution in [-0.4, -0.2) is 36.3 Å². The molecule has 4 unspecified atom stereocenters. The van der Waals surface area contributed by atoms with Gasteiger partial charge in [-0.2, -0.15) is 0 Å². The van der Waals surface area contributed by atoms with Gasteiger partial charge in [-0.1, -0.05) is 30.3 Å². The lowest BCUT2D eigenvalue weighted by molar-refractivity contribution is -0.408. The molecule has 0 saturated carbocycles. The zero-order chi connectivity index (χ0) is 61.2. The van der Waals surface area contributed by atoms with Crippen LogP contribution >= 0.6 is 0 Å². The molecule has 11 aliphatic carbocycles. The summed E-state index contributed by atoms with van der Waals surface area (Å²) >= 11 is 0. The highest BCUT2D eigenvalue weighted by Crippen LogP contribution is 2.92. The van der Waals surface area contributed by atoms with E-state index in [4.69, 9.17) is 39.1 Å². The van der Waals surface area contributed by atoms with Crippen molar-refractivity contribution < 1.29 is 43.5 Å². The molecule has 442 valence electrons. The van der Waals surface area contributed by atoms with Gasteiger partial charge in [0.2, 0.25) is 8.32 Å². The summed E-state index contributed by atoms with van der Waals surface area (Å²) in [6.45, 7) is 30.7. The van der Waals surface area contributed by atoms with E-state index < -0.39 is 64.6 Å². The van der Waals surface area contributed by atoms with Crippen LogP contribution in [0.25, 0.3) is 215 Å². The molecule has 0 aromatic heterocycles. The third-order valence-electron chi connectivity index (χ3n) is 27.8. The molecular formula is C84H48O9Si. The van der Waals surface area contributed by atoms with Gasteiger partial charge in [0.1, 0.15) is 5.60 Å². The first kappa shape index (κ1) is 45.4. The summed E-state index contributed by atoms with van der Waals surface area (Å²) in [4.78, 5) is 64.0. The fraction of sp³-hybridized carbons (Fsp3) is 0.286. The van der Waals surface area contributed by atoms with Gasteiger partial charge in [0.15, 0.2) is 22.4 Å². The molecule has 0 saturated heterocycles. The van der Waals surface area contributed by atoms with Crippen LogP contribution in [0.3, 0.4) is 0 Å². The lowest BCUT2D eigenvalue weighted by Crippen LogP contribution is -2.66. The summed E-state index contributed by atoms with van der Waals surface area (Å²) < 4.78 is 9.49. The van der Waals surface area contributed by atoms with Gasteiger partial charge in [-0.25, -0.2) is 39.1 Å². The normalized spacial score (nSPS) is 27.2. The fourth-order valence-electron chi connectivity index (χ4n) is 27.1. The smallest absolute Gasteiger partial charge is 0.219 e. The van der Waals surface area contributed by atoms with Crippen LogP contribution in [0, 0.1) is 0 Å². The Labute approximate surface area is 530 Å². The van der Waals surface area contributed by atoms with E-state index in [2.05, 4.69) is 127 Å². The van der Waals surface area contributed by atoms with Crippen molar-refractivity contribution in [2.45, 2.75) is 153 Å². The Balaban J connectivity index is 1.02. The summed E-state index contributed by atoms with van der Waals surface area (Å²) in [5.74, 6) is -0.418. The molecule has 0 N–H and O–H groups in total. The van der Waals surface area contributed by atoms with E-state index in [1.54, 1.807) is 0 Å². The van der Waals surface area contributed by atoms with Gasteiger partial charge in [0.25, 0.3) is 0 Å². The monoisotopic (exact) mass is 1230 g/mol. The van der Waals surface area contributed by atoms with Crippen LogP contribution in [0.15, 0.2) is 52.6 Å². The zero-order valence-corrected chi connectivity index (χ0v) is 54.6. The minimum atomic E-state index is -3.28. The van der Waals surface area contributed by atoms with E-state index in [1.807, 2.05) is 0 Å². The predicted molar refractivity (Wildman–Crippen MR) is 372 cm³/mol. The first-order valence-electron chi connectivity index (χ1n) is 34.5. The summed E-state index contributed by atoms with van der Waals surface area (Å²) in [6.07, 6.45) is 0. The van der Waals surface area contributed by atoms with E-state index in [0.29, 0.717) is 0 Å². The SMILES string of the molecule is CC(C)(C)OOC12C3=C4C5=C6C7(OOC(C)(C)C)c8c9c%10c%11c(c1c1c%12c2c2c%13c%14c(c%15c%16c%17c(c7c7c8c8c%10c%10c%18c%11c1c1c%11c%12c%13c%12c%13c%14c%16c%14c%16c%17c7c7c8c%10c8c(c%181)c(c%11%12)c(c%13%14)c8c7%16)C5%15OOC(C)(C)C)C42OOC(C)(C)C)C9C36O[Si](C)(C)c1ccccc1. The molecule has 94 heavy (non-hydrogen) atoms. The number of hydrogen-bond acceptors (Lipinski definition) is 9. The first-order chi connectivity index (χ1) is 45.0. The van der Waals surface area contributed by atoms with Crippen molar-refractivity contribution in [3.63, 3.8) is 0 Å². The topological polar surface area (TPSA) is 83.1 Å². The Bertz CT molecular complexity index is 7380. The molecule has 22 aromatic carbocycles. The summed E-state index contributed by atoms with van der Waals surface area (Å²) in [7, 11) is -3.28. The van der Waals surface area contributed by atoms with Gasteiger partial charge >= 0.3 is 0 Å². The van der Waals surface area contributed by atoms with Crippen molar-refractivity contribution in [2.75, 3.05) is 0 Å². The van der Waals surface area contributed by atoms with Crippen molar-refractivity contribution in [1.29, 1.82) is 0 Å². The lowest BCUT2D eigenvalue weighted by atomic mass is 9.51. The summed E-state index contributed by atoms with van der Waals surface area (Å²) in [6, 6.07) is 11.2. The maximum Gasteiger partial charge on any atom is 0.219 e. The molecular weight excluding hydrogens is 1180 g/mol. The first-order valence-corrected chi connectivity index (χ1v) is 37.4. The lowest BCUT2D eigenvalue weighted by Gasteiger charge is -2.60. The Kier molecular flexibility index (Phi) is 5.30. The van der Waals surface area contributed by atoms with Crippen molar-refractivity contribution in [1.82, 2.24) is 0 Å². The van der Waals surface area contributed by atoms with Crippen molar-refractivity contribution in [2.24, 2.45) is 0 Å². The molecule has 0 amide bonds. The van der Waals surface area contributed by atoms with E-state index in [-0.39, 0.29) is 0 Å². The number of hydrogen-bond donors (Lipinski definition) is 0. The Hall–Kier alpha value is -7.94. The van der Waals surface area contributed by atoms with Crippen molar-refractivity contribution >= 4 is 229 Å². The quantitative estimate of drug-likeness (QED) is 0.0544. The van der Waals surface area contributed by atoms with Crippen LogP contribution in [0.5, 0.6) is 0 Å². The zero-order valence-electron chi connectivity index (χ0n) is 53.6. The average molecular weight is 1230 g/mol. The van der Waals surface area contributed by atoms with Crippen molar-refractivity contribution in [3.8, 4) is 0 Å². The van der Waals surface area contributed by atoms with Gasteiger partial charge in [-0.15, -0.1) is 0 Å². The molecule has 4 atom stereocenters. The second-order valence-electron chi connectivity index (χ2n) is 36.3. The van der Waals surface area contributed by atoms with Crippen LogP contribution < -0.4 is 5.19 Å². The maximum absolute atomic E-state index is 9.49. The molecule has 0 fully saturated rings. The summed E-state index contributed by atoms with van der Waals surface area (Å²) in [5.41, 5.74) is 5.48. The van der Waals surface area contributed by atoms with Crippen molar-refractivity contribution in [3.05, 3.63) is 108 Å². The van der Waals surface area contributed by atoms with Gasteiger partial charge in [0, 0.05) is 72.7 Å². The van der Waals surface area contributed by atoms with E-state index in [1.165, 1.54) is 243 Å². The van der Waals surface area contributed by atoms with Crippen LogP contribution in [0.4, 0.5) is 0 Å². The Morgan fingerprint density at radius 1 is 0.277 bits per heavy atom. The Morgan fingerprint density at radius 3 is 0.766 bits per heavy atom. The molecule has 9 nitrogen and oxygen atoms in total. The van der Waals surface area contributed by atoms with E-state index in [0.717, 1.165) is 55.7 Å². The molecule has 11 aliphatic rings. The maximum atomic E-state index is 9.49. The van der Waals surface area contributed by atoms with Gasteiger partial charge in [-0.3, -0.25) is 0 Å². The highest BCUT2D eigenvalue weighted by molar-refractivity contribution is 6.84. The molecule has 0 spiro atoms. The highest BCUT2D eigenvalue weighted by Gasteiger charge is 2.87. The minimum absolute atomic E-state index is 0.418. The van der Waals surface area contributed by atoms with Gasteiger partial charge < -0.3 is 4.43 Å². The summed E-state index contributed by atoms with van der Waals surface area (Å²) in [5, 5.41) is 57.3. The minimum Gasteiger partial charge on any atom is -0.399 e. The van der Waals surface area contributed by atoms with Crippen LogP contribution in [0.1, 0.15) is 145 Å². The number of rotatable bonds is 11. The largest absolute Gasteiger partial charge is 0.399 e. The molecule has 10 heteroatoms. The third kappa shape index (κ3) is 3.14. The molecule has 0 bridgehead atoms. The molecule has 0 heterocycles. The standard InChI is InChI=1S/C84H48O9Si/c1-76(2,3)85-89-80-66-57-49-39-32-25-23-21-22-24(25)31-36-34-27(22)29-28-26(21)33-35-30(23)37(39)47-45(35)55-53-43(33)41(28)51-52-42(29)44(34)54-56-46(36)48-38(31)40(32)50(49)58-60(48)69-71(56)83(92-88-79(10,11)12)64(54)62(52)65-61(51)63(53)82(91-87-78(7,8)9,70(55)68(80)59(47)57)74-72(80)73(81(69,67(58)66)90-86-77(4,5)6)75(83)84(65,74)93-94(13,14)20-18-16-15-17-19-20/h15-19,65H,1-14H3. The Morgan fingerprint density at radius 2 is 0.500 bits per heavy atom. The van der Waals surface area contributed by atoms with E-state index in [9.17, 15) is 4.43 Å². The van der Waals surface area contributed by atoms with Crippen LogP contribution in [0.2, 0.25) is 13.1 Å². The third-order valence-corrected chi connectivity index (χ3v) is 30.4. The van der Waals surface area contributed by atoms with Crippen LogP contribution in [-0.2, 0) is 65.9 Å². The predicted octanol–water partition coefficient (Wildman–Crippen LogP) is 19.8. The van der Waals surface area contributed by atoms with E-state index >= 15 is 0 Å². The molecule has 0 radical (unpaired) electrons. The molecule has 22 aromatic rings. The second kappa shape index (κ2) is 11.0. The molecule has 0 aliphatic heterocycles. The van der Waals surface area contributed by atoms with Gasteiger partial charge in [-0.05, 0) is 328 Å². The fourth-order valence-corrected chi connectivity index (χ4v) is 29.3. The second-order valence-corrected chi connectivity index (χ2v) is 40.1. The number of benzene rings is 16. The highest BCUT2D eigenvalue weighted by atomic mass is 28.4.